The first-order chi connectivity index (χ1) is 14.6. The number of aryl methyl sites for hydroxylation is 3. The molecule has 3 aromatic rings. The van der Waals surface area contributed by atoms with Crippen LogP contribution >= 0.6 is 0 Å². The Labute approximate surface area is 180 Å². The molecule has 31 heavy (non-hydrogen) atoms. The third-order valence-electron chi connectivity index (χ3n) is 4.73. The SMILES string of the molecule is Cc1ccc(NS(=O)(=O)c2ccc(C)c(C(=O)Nc3ccc(C)c([N+](=O)[O-])c3)c2)cc1. The molecule has 0 saturated heterocycles. The molecule has 0 aliphatic rings. The number of rotatable bonds is 6. The predicted molar refractivity (Wildman–Crippen MR) is 119 cm³/mol. The Morgan fingerprint density at radius 2 is 1.48 bits per heavy atom. The topological polar surface area (TPSA) is 118 Å². The highest BCUT2D eigenvalue weighted by Crippen LogP contribution is 2.24. The molecule has 2 N–H and O–H groups in total. The van der Waals surface area contributed by atoms with Crippen LogP contribution in [0, 0.1) is 30.9 Å². The second-order valence-corrected chi connectivity index (χ2v) is 8.84. The number of amides is 1. The maximum Gasteiger partial charge on any atom is 0.274 e. The zero-order chi connectivity index (χ0) is 22.8. The summed E-state index contributed by atoms with van der Waals surface area (Å²) in [5.41, 5.74) is 2.71. The Kier molecular flexibility index (Phi) is 6.07. The van der Waals surface area contributed by atoms with Crippen molar-refractivity contribution < 1.29 is 18.1 Å². The highest BCUT2D eigenvalue weighted by molar-refractivity contribution is 7.92. The van der Waals surface area contributed by atoms with E-state index in [1.807, 2.05) is 6.92 Å². The van der Waals surface area contributed by atoms with Crippen molar-refractivity contribution in [3.63, 3.8) is 0 Å². The standard InChI is InChI=1S/C22H21N3O5S/c1-14-4-8-17(9-5-14)24-31(29,30)19-11-7-15(2)20(13-19)22(26)23-18-10-6-16(3)21(12-18)25(27)28/h4-13,24H,1-3H3,(H,23,26). The molecule has 0 saturated carbocycles. The van der Waals surface area contributed by atoms with Crippen LogP contribution in [-0.2, 0) is 10.0 Å². The highest BCUT2D eigenvalue weighted by atomic mass is 32.2. The summed E-state index contributed by atoms with van der Waals surface area (Å²) < 4.78 is 28.0. The molecule has 0 fully saturated rings. The summed E-state index contributed by atoms with van der Waals surface area (Å²) in [6.07, 6.45) is 0. The number of nitro groups is 1. The number of hydrogen-bond donors (Lipinski definition) is 2. The van der Waals surface area contributed by atoms with Crippen molar-refractivity contribution in [1.82, 2.24) is 0 Å². The summed E-state index contributed by atoms with van der Waals surface area (Å²) in [7, 11) is -3.91. The molecule has 0 aliphatic carbocycles. The van der Waals surface area contributed by atoms with Crippen molar-refractivity contribution in [3.8, 4) is 0 Å². The van der Waals surface area contributed by atoms with E-state index in [9.17, 15) is 23.3 Å². The molecule has 0 bridgehead atoms. The van der Waals surface area contributed by atoms with Crippen molar-refractivity contribution in [2.24, 2.45) is 0 Å². The number of benzene rings is 3. The average Bonchev–Trinajstić information content (AvgIpc) is 2.71. The number of anilines is 2. The Bertz CT molecular complexity index is 1270. The van der Waals surface area contributed by atoms with Crippen molar-refractivity contribution >= 4 is 33.0 Å². The normalized spacial score (nSPS) is 11.1. The van der Waals surface area contributed by atoms with E-state index in [-0.39, 0.29) is 21.8 Å². The summed E-state index contributed by atoms with van der Waals surface area (Å²) in [6, 6.07) is 15.5. The minimum absolute atomic E-state index is 0.0706. The third-order valence-corrected chi connectivity index (χ3v) is 6.11. The minimum atomic E-state index is -3.91. The monoisotopic (exact) mass is 439 g/mol. The molecule has 0 heterocycles. The van der Waals surface area contributed by atoms with Gasteiger partial charge in [0.05, 0.1) is 9.82 Å². The number of nitro benzene ring substituents is 1. The Balaban J connectivity index is 1.88. The van der Waals surface area contributed by atoms with E-state index in [1.165, 1.54) is 30.3 Å². The summed E-state index contributed by atoms with van der Waals surface area (Å²) in [5.74, 6) is -0.567. The van der Waals surface area contributed by atoms with Crippen LogP contribution in [0.2, 0.25) is 0 Å². The van der Waals surface area contributed by atoms with Crippen LogP contribution in [0.1, 0.15) is 27.0 Å². The molecule has 1 amide bonds. The molecule has 3 aromatic carbocycles. The second-order valence-electron chi connectivity index (χ2n) is 7.16. The van der Waals surface area contributed by atoms with Crippen LogP contribution in [0.4, 0.5) is 17.1 Å². The molecule has 3 rings (SSSR count). The fourth-order valence-electron chi connectivity index (χ4n) is 2.93. The quantitative estimate of drug-likeness (QED) is 0.431. The van der Waals surface area contributed by atoms with Gasteiger partial charge in [-0.3, -0.25) is 19.6 Å². The smallest absolute Gasteiger partial charge is 0.274 e. The molecule has 0 unspecified atom stereocenters. The van der Waals surface area contributed by atoms with Crippen molar-refractivity contribution in [2.45, 2.75) is 25.7 Å². The molecule has 0 atom stereocenters. The van der Waals surface area contributed by atoms with Crippen LogP contribution in [0.5, 0.6) is 0 Å². The first-order valence-electron chi connectivity index (χ1n) is 9.33. The van der Waals surface area contributed by atoms with Gasteiger partial charge in [0, 0.05) is 28.6 Å². The van der Waals surface area contributed by atoms with E-state index in [0.29, 0.717) is 16.8 Å². The van der Waals surface area contributed by atoms with Gasteiger partial charge in [0.2, 0.25) is 0 Å². The lowest BCUT2D eigenvalue weighted by Gasteiger charge is -2.12. The largest absolute Gasteiger partial charge is 0.322 e. The molecule has 9 heteroatoms. The lowest BCUT2D eigenvalue weighted by molar-refractivity contribution is -0.385. The molecule has 160 valence electrons. The fraction of sp³-hybridized carbons (Fsp3) is 0.136. The lowest BCUT2D eigenvalue weighted by Crippen LogP contribution is -2.17. The van der Waals surface area contributed by atoms with Gasteiger partial charge in [-0.25, -0.2) is 8.42 Å². The van der Waals surface area contributed by atoms with Gasteiger partial charge in [-0.15, -0.1) is 0 Å². The number of hydrogen-bond acceptors (Lipinski definition) is 5. The number of carbonyl (C=O) groups excluding carboxylic acids is 1. The first kappa shape index (κ1) is 22.0. The van der Waals surface area contributed by atoms with Gasteiger partial charge in [0.15, 0.2) is 0 Å². The molecule has 8 nitrogen and oxygen atoms in total. The third kappa shape index (κ3) is 5.07. The van der Waals surface area contributed by atoms with E-state index in [1.54, 1.807) is 44.2 Å². The van der Waals surface area contributed by atoms with E-state index in [4.69, 9.17) is 0 Å². The van der Waals surface area contributed by atoms with E-state index >= 15 is 0 Å². The molecule has 0 aromatic heterocycles. The zero-order valence-electron chi connectivity index (χ0n) is 17.2. The second kappa shape index (κ2) is 8.57. The van der Waals surface area contributed by atoms with Crippen molar-refractivity contribution in [3.05, 3.63) is 93.0 Å². The van der Waals surface area contributed by atoms with Crippen LogP contribution in [0.25, 0.3) is 0 Å². The maximum absolute atomic E-state index is 12.8. The highest BCUT2D eigenvalue weighted by Gasteiger charge is 2.19. The Morgan fingerprint density at radius 1 is 0.871 bits per heavy atom. The van der Waals surface area contributed by atoms with Crippen LogP contribution in [-0.4, -0.2) is 19.2 Å². The van der Waals surface area contributed by atoms with Gasteiger partial charge in [-0.1, -0.05) is 29.8 Å². The summed E-state index contributed by atoms with van der Waals surface area (Å²) in [6.45, 7) is 5.17. The van der Waals surface area contributed by atoms with Crippen LogP contribution < -0.4 is 10.0 Å². The molecule has 0 spiro atoms. The lowest BCUT2D eigenvalue weighted by atomic mass is 10.1. The van der Waals surface area contributed by atoms with E-state index in [0.717, 1.165) is 5.56 Å². The van der Waals surface area contributed by atoms with Gasteiger partial charge in [-0.05, 0) is 56.7 Å². The number of nitrogens with one attached hydrogen (secondary N) is 2. The van der Waals surface area contributed by atoms with Gasteiger partial charge in [0.1, 0.15) is 0 Å². The van der Waals surface area contributed by atoms with Crippen molar-refractivity contribution in [2.75, 3.05) is 10.0 Å². The number of nitrogens with zero attached hydrogens (tertiary/aromatic N) is 1. The van der Waals surface area contributed by atoms with E-state index < -0.39 is 20.9 Å². The maximum atomic E-state index is 12.8. The summed E-state index contributed by atoms with van der Waals surface area (Å²) in [4.78, 5) is 23.3. The zero-order valence-corrected chi connectivity index (χ0v) is 18.0. The van der Waals surface area contributed by atoms with Crippen molar-refractivity contribution in [1.29, 1.82) is 0 Å². The van der Waals surface area contributed by atoms with Gasteiger partial charge < -0.3 is 5.32 Å². The van der Waals surface area contributed by atoms with E-state index in [2.05, 4.69) is 10.0 Å². The van der Waals surface area contributed by atoms with Crippen LogP contribution in [0.15, 0.2) is 65.6 Å². The summed E-state index contributed by atoms with van der Waals surface area (Å²) >= 11 is 0. The number of carbonyl (C=O) groups is 1. The predicted octanol–water partition coefficient (Wildman–Crippen LogP) is 4.57. The average molecular weight is 439 g/mol. The minimum Gasteiger partial charge on any atom is -0.322 e. The summed E-state index contributed by atoms with van der Waals surface area (Å²) in [5, 5.41) is 13.7. The molecular weight excluding hydrogens is 418 g/mol. The van der Waals surface area contributed by atoms with Gasteiger partial charge in [-0.2, -0.15) is 0 Å². The Hall–Kier alpha value is -3.72. The molecule has 0 radical (unpaired) electrons. The fourth-order valence-corrected chi connectivity index (χ4v) is 4.02. The molecule has 0 aliphatic heterocycles. The number of sulfonamides is 1. The molecular formula is C22H21N3O5S. The van der Waals surface area contributed by atoms with Crippen LogP contribution in [0.3, 0.4) is 0 Å². The van der Waals surface area contributed by atoms with Gasteiger partial charge in [0.25, 0.3) is 21.6 Å². The van der Waals surface area contributed by atoms with Gasteiger partial charge >= 0.3 is 0 Å². The Morgan fingerprint density at radius 3 is 2.13 bits per heavy atom. The first-order valence-corrected chi connectivity index (χ1v) is 10.8.